The second-order valence-corrected chi connectivity index (χ2v) is 7.75. The van der Waals surface area contributed by atoms with Crippen LogP contribution in [-0.2, 0) is 4.74 Å². The summed E-state index contributed by atoms with van der Waals surface area (Å²) in [6.07, 6.45) is 4.90. The van der Waals surface area contributed by atoms with E-state index in [0.29, 0.717) is 12.1 Å². The lowest BCUT2D eigenvalue weighted by Gasteiger charge is -2.41. The van der Waals surface area contributed by atoms with E-state index in [9.17, 15) is 4.79 Å². The average Bonchev–Trinajstić information content (AvgIpc) is 2.62. The summed E-state index contributed by atoms with van der Waals surface area (Å²) < 4.78 is 6.62. The molecule has 2 heterocycles. The number of amides is 1. The maximum atomic E-state index is 12.6. The number of likely N-dealkylation sites (tertiary alicyclic amines) is 2. The molecule has 1 amide bonds. The van der Waals surface area contributed by atoms with E-state index in [-0.39, 0.29) is 5.91 Å². The van der Waals surface area contributed by atoms with Gasteiger partial charge in [0.15, 0.2) is 0 Å². The molecule has 2 fully saturated rings. The SMILES string of the molecule is COC1CCN(C2CCN(C(=O)c3ccc(I)cc3)CC2)CC1. The molecule has 5 heteroatoms. The quantitative estimate of drug-likeness (QED) is 0.695. The Balaban J connectivity index is 1.50. The number of carbonyl (C=O) groups is 1. The first-order valence-corrected chi connectivity index (χ1v) is 9.57. The fourth-order valence-electron chi connectivity index (χ4n) is 3.69. The van der Waals surface area contributed by atoms with Gasteiger partial charge in [0.1, 0.15) is 0 Å². The Labute approximate surface area is 152 Å². The van der Waals surface area contributed by atoms with Crippen molar-refractivity contribution in [3.05, 3.63) is 33.4 Å². The van der Waals surface area contributed by atoms with E-state index in [1.165, 1.54) is 0 Å². The number of hydrogen-bond donors (Lipinski definition) is 0. The van der Waals surface area contributed by atoms with Gasteiger partial charge in [-0.3, -0.25) is 4.79 Å². The molecule has 4 nitrogen and oxygen atoms in total. The van der Waals surface area contributed by atoms with Gasteiger partial charge in [0.2, 0.25) is 0 Å². The Bertz CT molecular complexity index is 518. The zero-order valence-electron chi connectivity index (χ0n) is 13.7. The fourth-order valence-corrected chi connectivity index (χ4v) is 4.05. The highest BCUT2D eigenvalue weighted by Crippen LogP contribution is 2.23. The summed E-state index contributed by atoms with van der Waals surface area (Å²) in [5.41, 5.74) is 0.810. The molecule has 0 N–H and O–H groups in total. The molecule has 3 rings (SSSR count). The van der Waals surface area contributed by atoms with E-state index in [1.807, 2.05) is 36.3 Å². The molecular formula is C18H25IN2O2. The number of benzene rings is 1. The van der Waals surface area contributed by atoms with Gasteiger partial charge in [-0.25, -0.2) is 0 Å². The van der Waals surface area contributed by atoms with Gasteiger partial charge in [-0.1, -0.05) is 0 Å². The third-order valence-electron chi connectivity index (χ3n) is 5.17. The average molecular weight is 428 g/mol. The van der Waals surface area contributed by atoms with Crippen molar-refractivity contribution in [2.45, 2.75) is 37.8 Å². The molecule has 0 bridgehead atoms. The van der Waals surface area contributed by atoms with E-state index in [1.54, 1.807) is 0 Å². The van der Waals surface area contributed by atoms with E-state index in [4.69, 9.17) is 4.74 Å². The second kappa shape index (κ2) is 7.94. The standard InChI is InChI=1S/C18H25IN2O2/c1-23-17-8-12-20(13-9-17)16-6-10-21(11-7-16)18(22)14-2-4-15(19)5-3-14/h2-5,16-17H,6-13H2,1H3. The molecular weight excluding hydrogens is 403 g/mol. The van der Waals surface area contributed by atoms with Crippen molar-refractivity contribution in [1.82, 2.24) is 9.80 Å². The molecule has 2 aliphatic heterocycles. The Morgan fingerprint density at radius 2 is 1.65 bits per heavy atom. The van der Waals surface area contributed by atoms with E-state index in [0.717, 1.165) is 61.0 Å². The zero-order chi connectivity index (χ0) is 16.2. The monoisotopic (exact) mass is 428 g/mol. The van der Waals surface area contributed by atoms with Crippen LogP contribution in [0.2, 0.25) is 0 Å². The van der Waals surface area contributed by atoms with Gasteiger partial charge in [0.05, 0.1) is 6.10 Å². The highest BCUT2D eigenvalue weighted by molar-refractivity contribution is 14.1. The van der Waals surface area contributed by atoms with Crippen LogP contribution in [-0.4, -0.2) is 61.1 Å². The van der Waals surface area contributed by atoms with Crippen LogP contribution in [0.3, 0.4) is 0 Å². The molecule has 2 saturated heterocycles. The van der Waals surface area contributed by atoms with Gasteiger partial charge in [0.25, 0.3) is 5.91 Å². The van der Waals surface area contributed by atoms with E-state index < -0.39 is 0 Å². The van der Waals surface area contributed by atoms with Gasteiger partial charge in [0, 0.05) is 48.5 Å². The molecule has 0 radical (unpaired) electrons. The Morgan fingerprint density at radius 3 is 2.22 bits per heavy atom. The van der Waals surface area contributed by atoms with Crippen LogP contribution in [0.5, 0.6) is 0 Å². The number of carbonyl (C=O) groups excluding carboxylic acids is 1. The van der Waals surface area contributed by atoms with Gasteiger partial charge >= 0.3 is 0 Å². The molecule has 0 spiro atoms. The van der Waals surface area contributed by atoms with Crippen molar-refractivity contribution in [1.29, 1.82) is 0 Å². The van der Waals surface area contributed by atoms with Crippen LogP contribution in [0.25, 0.3) is 0 Å². The Morgan fingerprint density at radius 1 is 1.04 bits per heavy atom. The minimum atomic E-state index is 0.179. The predicted octanol–water partition coefficient (Wildman–Crippen LogP) is 3.01. The third-order valence-corrected chi connectivity index (χ3v) is 5.89. The minimum Gasteiger partial charge on any atom is -0.381 e. The summed E-state index contributed by atoms with van der Waals surface area (Å²) in [4.78, 5) is 17.2. The van der Waals surface area contributed by atoms with Crippen LogP contribution >= 0.6 is 22.6 Å². The summed E-state index contributed by atoms with van der Waals surface area (Å²) in [6, 6.07) is 8.51. The second-order valence-electron chi connectivity index (χ2n) is 6.50. The Kier molecular flexibility index (Phi) is 5.93. The largest absolute Gasteiger partial charge is 0.381 e. The first-order chi connectivity index (χ1) is 11.2. The van der Waals surface area contributed by atoms with Crippen molar-refractivity contribution in [2.75, 3.05) is 33.3 Å². The molecule has 23 heavy (non-hydrogen) atoms. The Hall–Kier alpha value is -0.660. The predicted molar refractivity (Wildman–Crippen MR) is 99.7 cm³/mol. The van der Waals surface area contributed by atoms with E-state index in [2.05, 4.69) is 27.5 Å². The van der Waals surface area contributed by atoms with Crippen LogP contribution in [0.15, 0.2) is 24.3 Å². The molecule has 0 saturated carbocycles. The maximum absolute atomic E-state index is 12.6. The van der Waals surface area contributed by atoms with Crippen LogP contribution in [0.4, 0.5) is 0 Å². The van der Waals surface area contributed by atoms with Crippen molar-refractivity contribution in [3.63, 3.8) is 0 Å². The molecule has 0 unspecified atom stereocenters. The molecule has 0 atom stereocenters. The molecule has 2 aliphatic rings. The van der Waals surface area contributed by atoms with Crippen molar-refractivity contribution in [2.24, 2.45) is 0 Å². The zero-order valence-corrected chi connectivity index (χ0v) is 15.9. The first-order valence-electron chi connectivity index (χ1n) is 8.49. The summed E-state index contributed by atoms with van der Waals surface area (Å²) in [7, 11) is 1.81. The van der Waals surface area contributed by atoms with Crippen molar-refractivity contribution in [3.8, 4) is 0 Å². The number of piperidine rings is 2. The highest BCUT2D eigenvalue weighted by Gasteiger charge is 2.29. The van der Waals surface area contributed by atoms with Crippen molar-refractivity contribution >= 4 is 28.5 Å². The molecule has 126 valence electrons. The number of hydrogen-bond acceptors (Lipinski definition) is 3. The number of ether oxygens (including phenoxy) is 1. The smallest absolute Gasteiger partial charge is 0.253 e. The molecule has 1 aromatic rings. The summed E-state index contributed by atoms with van der Waals surface area (Å²) >= 11 is 2.27. The maximum Gasteiger partial charge on any atom is 0.253 e. The number of rotatable bonds is 3. The van der Waals surface area contributed by atoms with Crippen LogP contribution in [0, 0.1) is 3.57 Å². The third kappa shape index (κ3) is 4.25. The summed E-state index contributed by atoms with van der Waals surface area (Å²) in [6.45, 7) is 4.02. The topological polar surface area (TPSA) is 32.8 Å². The van der Waals surface area contributed by atoms with Gasteiger partial charge in [-0.05, 0) is 72.5 Å². The minimum absolute atomic E-state index is 0.179. The van der Waals surface area contributed by atoms with E-state index >= 15 is 0 Å². The van der Waals surface area contributed by atoms with Crippen LogP contribution in [0.1, 0.15) is 36.0 Å². The van der Waals surface area contributed by atoms with Gasteiger partial charge in [-0.15, -0.1) is 0 Å². The van der Waals surface area contributed by atoms with Gasteiger partial charge < -0.3 is 14.5 Å². The number of halogens is 1. The van der Waals surface area contributed by atoms with Gasteiger partial charge in [-0.2, -0.15) is 0 Å². The fraction of sp³-hybridized carbons (Fsp3) is 0.611. The lowest BCUT2D eigenvalue weighted by molar-refractivity contribution is 0.0145. The summed E-state index contributed by atoms with van der Waals surface area (Å²) in [5.74, 6) is 0.179. The van der Waals surface area contributed by atoms with Crippen molar-refractivity contribution < 1.29 is 9.53 Å². The lowest BCUT2D eigenvalue weighted by Crippen LogP contribution is -2.49. The molecule has 1 aromatic carbocycles. The lowest BCUT2D eigenvalue weighted by atomic mass is 9.98. The molecule has 0 aliphatic carbocycles. The number of methoxy groups -OCH3 is 1. The highest BCUT2D eigenvalue weighted by atomic mass is 127. The first kappa shape index (κ1) is 17.2. The summed E-state index contributed by atoms with van der Waals surface area (Å²) in [5, 5.41) is 0. The van der Waals surface area contributed by atoms with Crippen LogP contribution < -0.4 is 0 Å². The molecule has 0 aromatic heterocycles. The number of nitrogens with zero attached hydrogens (tertiary/aromatic N) is 2. The normalized spacial score (nSPS) is 21.6.